The molecule has 0 amide bonds. The van der Waals surface area contributed by atoms with Gasteiger partial charge in [-0.1, -0.05) is 0 Å². The number of halogens is 1. The van der Waals surface area contributed by atoms with E-state index in [1.54, 1.807) is 25.7 Å². The molecule has 0 aromatic heterocycles. The van der Waals surface area contributed by atoms with E-state index in [2.05, 4.69) is 10.0 Å². The number of anilines is 2. The van der Waals surface area contributed by atoms with E-state index < -0.39 is 27.7 Å². The van der Waals surface area contributed by atoms with Crippen molar-refractivity contribution in [1.82, 2.24) is 4.72 Å². The van der Waals surface area contributed by atoms with Crippen LogP contribution in [0.25, 0.3) is 0 Å². The Balaban J connectivity index is 1.46. The third-order valence-corrected chi connectivity index (χ3v) is 8.08. The van der Waals surface area contributed by atoms with Crippen LogP contribution in [0.4, 0.5) is 15.8 Å². The van der Waals surface area contributed by atoms with E-state index in [9.17, 15) is 12.8 Å². The molecule has 0 spiro atoms. The van der Waals surface area contributed by atoms with Crippen molar-refractivity contribution in [3.05, 3.63) is 24.3 Å². The highest BCUT2D eigenvalue weighted by molar-refractivity contribution is 7.90. The summed E-state index contributed by atoms with van der Waals surface area (Å²) in [4.78, 5) is 1.77. The van der Waals surface area contributed by atoms with Crippen molar-refractivity contribution < 1.29 is 17.5 Å². The maximum atomic E-state index is 14.5. The van der Waals surface area contributed by atoms with Gasteiger partial charge in [0.2, 0.25) is 10.0 Å². The molecule has 0 bridgehead atoms. The van der Waals surface area contributed by atoms with E-state index in [1.807, 2.05) is 31.2 Å². The van der Waals surface area contributed by atoms with Crippen LogP contribution in [0.15, 0.2) is 24.3 Å². The molecule has 6 nitrogen and oxygen atoms in total. The summed E-state index contributed by atoms with van der Waals surface area (Å²) in [6.45, 7) is 8.55. The quantitative estimate of drug-likeness (QED) is 0.628. The second-order valence-corrected chi connectivity index (χ2v) is 11.3. The minimum atomic E-state index is -3.20. The SMILES string of the molecule is CC(C)S(=O)(=O)N[C@H]1CC[C@H](CNc2ccc(N3C[C@H](C)O[C@H](C)C3F)cc2)CC1. The molecular formula is C22H36FN3O3S. The number of ether oxygens (including phenoxy) is 1. The summed E-state index contributed by atoms with van der Waals surface area (Å²) in [7, 11) is -3.20. The molecule has 8 heteroatoms. The molecule has 2 aliphatic rings. The van der Waals surface area contributed by atoms with Crippen LogP contribution in [0.1, 0.15) is 53.4 Å². The van der Waals surface area contributed by atoms with Crippen molar-refractivity contribution in [3.8, 4) is 0 Å². The Morgan fingerprint density at radius 1 is 1.13 bits per heavy atom. The predicted molar refractivity (Wildman–Crippen MR) is 120 cm³/mol. The predicted octanol–water partition coefficient (Wildman–Crippen LogP) is 3.89. The summed E-state index contributed by atoms with van der Waals surface area (Å²) in [5.41, 5.74) is 1.89. The van der Waals surface area contributed by atoms with E-state index in [0.717, 1.165) is 43.6 Å². The Bertz CT molecular complexity index is 779. The normalized spacial score (nSPS) is 30.5. The molecule has 1 aliphatic carbocycles. The molecule has 1 saturated heterocycles. The lowest BCUT2D eigenvalue weighted by atomic mass is 9.86. The first-order chi connectivity index (χ1) is 14.2. The van der Waals surface area contributed by atoms with Gasteiger partial charge in [-0.2, -0.15) is 0 Å². The average molecular weight is 442 g/mol. The van der Waals surface area contributed by atoms with Crippen molar-refractivity contribution in [2.45, 2.75) is 83.2 Å². The first-order valence-electron chi connectivity index (χ1n) is 11.1. The Morgan fingerprint density at radius 3 is 2.37 bits per heavy atom. The number of nitrogens with zero attached hydrogens (tertiary/aromatic N) is 1. The van der Waals surface area contributed by atoms with E-state index >= 15 is 0 Å². The number of nitrogens with one attached hydrogen (secondary N) is 2. The zero-order valence-electron chi connectivity index (χ0n) is 18.5. The molecule has 1 aromatic carbocycles. The van der Waals surface area contributed by atoms with Crippen LogP contribution in [-0.4, -0.2) is 51.3 Å². The molecule has 1 heterocycles. The fourth-order valence-corrected chi connectivity index (χ4v) is 5.21. The van der Waals surface area contributed by atoms with Crippen LogP contribution in [-0.2, 0) is 14.8 Å². The van der Waals surface area contributed by atoms with E-state index in [1.165, 1.54) is 0 Å². The summed E-state index contributed by atoms with van der Waals surface area (Å²) in [5.74, 6) is 0.528. The van der Waals surface area contributed by atoms with Gasteiger partial charge < -0.3 is 15.0 Å². The topological polar surface area (TPSA) is 70.7 Å². The van der Waals surface area contributed by atoms with Gasteiger partial charge in [0.15, 0.2) is 6.30 Å². The summed E-state index contributed by atoms with van der Waals surface area (Å²) < 4.78 is 47.0. The molecule has 1 aliphatic heterocycles. The van der Waals surface area contributed by atoms with Gasteiger partial charge >= 0.3 is 0 Å². The Labute approximate surface area is 180 Å². The number of morpholine rings is 1. The van der Waals surface area contributed by atoms with Gasteiger partial charge in [0.1, 0.15) is 6.10 Å². The Hall–Kier alpha value is -1.38. The van der Waals surface area contributed by atoms with Crippen molar-refractivity contribution in [3.63, 3.8) is 0 Å². The third-order valence-electron chi connectivity index (χ3n) is 6.18. The number of sulfonamides is 1. The molecule has 1 aromatic rings. The van der Waals surface area contributed by atoms with E-state index in [-0.39, 0.29) is 12.1 Å². The van der Waals surface area contributed by atoms with Crippen molar-refractivity contribution in [2.75, 3.05) is 23.3 Å². The minimum absolute atomic E-state index is 0.00458. The molecule has 170 valence electrons. The van der Waals surface area contributed by atoms with E-state index in [0.29, 0.717) is 12.5 Å². The molecule has 2 N–H and O–H groups in total. The second kappa shape index (κ2) is 9.83. The molecular weight excluding hydrogens is 405 g/mol. The summed E-state index contributed by atoms with van der Waals surface area (Å²) in [6, 6.07) is 7.96. The Morgan fingerprint density at radius 2 is 1.77 bits per heavy atom. The van der Waals surface area contributed by atoms with Gasteiger partial charge in [0, 0.05) is 30.5 Å². The smallest absolute Gasteiger partial charge is 0.214 e. The van der Waals surface area contributed by atoms with Gasteiger partial charge in [-0.15, -0.1) is 0 Å². The molecule has 0 radical (unpaired) electrons. The summed E-state index contributed by atoms with van der Waals surface area (Å²) in [6.07, 6.45) is 2.19. The Kier molecular flexibility index (Phi) is 7.63. The zero-order chi connectivity index (χ0) is 21.9. The molecule has 1 saturated carbocycles. The fraction of sp³-hybridized carbons (Fsp3) is 0.727. The number of rotatable bonds is 7. The van der Waals surface area contributed by atoms with Crippen LogP contribution in [0, 0.1) is 5.92 Å². The first kappa shape index (κ1) is 23.3. The zero-order valence-corrected chi connectivity index (χ0v) is 19.3. The summed E-state index contributed by atoms with van der Waals surface area (Å²) >= 11 is 0. The largest absolute Gasteiger partial charge is 0.385 e. The monoisotopic (exact) mass is 441 g/mol. The van der Waals surface area contributed by atoms with Crippen molar-refractivity contribution >= 4 is 21.4 Å². The number of benzene rings is 1. The highest BCUT2D eigenvalue weighted by Crippen LogP contribution is 2.28. The van der Waals surface area contributed by atoms with E-state index in [4.69, 9.17) is 4.74 Å². The van der Waals surface area contributed by atoms with Crippen LogP contribution in [0.2, 0.25) is 0 Å². The molecule has 30 heavy (non-hydrogen) atoms. The fourth-order valence-electron chi connectivity index (χ4n) is 4.24. The van der Waals surface area contributed by atoms with Gasteiger partial charge in [-0.05, 0) is 83.6 Å². The maximum Gasteiger partial charge on any atom is 0.214 e. The highest BCUT2D eigenvalue weighted by Gasteiger charge is 2.32. The highest BCUT2D eigenvalue weighted by atomic mass is 32.2. The average Bonchev–Trinajstić information content (AvgIpc) is 2.70. The standard InChI is InChI=1S/C22H36FN3O3S/c1-15(2)30(27,28)25-20-7-5-18(6-8-20)13-24-19-9-11-21(12-10-19)26-14-16(3)29-17(4)22(26)23/h9-12,15-18,20,22,24-25H,5-8,13-14H2,1-4H3/t16-,17+,18-,20-,22?/m0/s1. The van der Waals surface area contributed by atoms with Crippen LogP contribution in [0.3, 0.4) is 0 Å². The molecule has 3 rings (SSSR count). The number of alkyl halides is 1. The lowest BCUT2D eigenvalue weighted by molar-refractivity contribution is -0.0614. The number of hydrogen-bond acceptors (Lipinski definition) is 5. The van der Waals surface area contributed by atoms with Gasteiger partial charge in [0.25, 0.3) is 0 Å². The maximum absolute atomic E-state index is 14.5. The van der Waals surface area contributed by atoms with Crippen molar-refractivity contribution in [1.29, 1.82) is 0 Å². The molecule has 3 atom stereocenters. The summed E-state index contributed by atoms with van der Waals surface area (Å²) in [5, 5.41) is 3.09. The van der Waals surface area contributed by atoms with Gasteiger partial charge in [0.05, 0.1) is 11.4 Å². The van der Waals surface area contributed by atoms with Crippen LogP contribution < -0.4 is 14.9 Å². The van der Waals surface area contributed by atoms with Crippen molar-refractivity contribution in [2.24, 2.45) is 5.92 Å². The third kappa shape index (κ3) is 5.86. The minimum Gasteiger partial charge on any atom is -0.385 e. The van der Waals surface area contributed by atoms with Gasteiger partial charge in [-0.3, -0.25) is 0 Å². The molecule has 2 fully saturated rings. The lowest BCUT2D eigenvalue weighted by Crippen LogP contribution is -2.51. The lowest BCUT2D eigenvalue weighted by Gasteiger charge is -2.39. The van der Waals surface area contributed by atoms with Gasteiger partial charge in [-0.25, -0.2) is 17.5 Å². The second-order valence-electron chi connectivity index (χ2n) is 9.03. The van der Waals surface area contributed by atoms with Crippen LogP contribution in [0.5, 0.6) is 0 Å². The molecule has 1 unspecified atom stereocenters. The van der Waals surface area contributed by atoms with Crippen LogP contribution >= 0.6 is 0 Å². The first-order valence-corrected chi connectivity index (χ1v) is 12.6. The number of hydrogen-bond donors (Lipinski definition) is 2.